The Kier molecular flexibility index (Phi) is 2.00. The molecule has 0 aliphatic carbocycles. The Morgan fingerprint density at radius 2 is 2.45 bits per heavy atom. The average molecular weight is 173 g/mol. The summed E-state index contributed by atoms with van der Waals surface area (Å²) >= 11 is 1.36. The summed E-state index contributed by atoms with van der Waals surface area (Å²) in [6.45, 7) is 1.80. The first-order chi connectivity index (χ1) is 5.11. The van der Waals surface area contributed by atoms with Crippen LogP contribution in [0.4, 0.5) is 10.5 Å². The molecule has 5 heteroatoms. The molecule has 0 radical (unpaired) electrons. The van der Waals surface area contributed by atoms with Gasteiger partial charge < -0.3 is 15.6 Å². The van der Waals surface area contributed by atoms with E-state index < -0.39 is 6.16 Å². The van der Waals surface area contributed by atoms with Crippen molar-refractivity contribution in [3.8, 4) is 5.75 Å². The number of anilines is 1. The lowest BCUT2D eigenvalue weighted by molar-refractivity contribution is 0.145. The molecule has 0 aliphatic heterocycles. The van der Waals surface area contributed by atoms with Crippen molar-refractivity contribution in [2.45, 2.75) is 6.92 Å². The fourth-order valence-corrected chi connectivity index (χ4v) is 1.30. The van der Waals surface area contributed by atoms with Gasteiger partial charge >= 0.3 is 6.16 Å². The van der Waals surface area contributed by atoms with Gasteiger partial charge in [0.05, 0.1) is 5.69 Å². The molecule has 0 unspecified atom stereocenters. The zero-order valence-corrected chi connectivity index (χ0v) is 6.64. The normalized spacial score (nSPS) is 9.55. The lowest BCUT2D eigenvalue weighted by Gasteiger charge is -1.96. The Hall–Kier alpha value is -1.23. The third-order valence-corrected chi connectivity index (χ3v) is 2.09. The smallest absolute Gasteiger partial charge is 0.449 e. The van der Waals surface area contributed by atoms with Crippen molar-refractivity contribution in [3.63, 3.8) is 0 Å². The van der Waals surface area contributed by atoms with Crippen molar-refractivity contribution < 1.29 is 14.6 Å². The second-order valence-electron chi connectivity index (χ2n) is 1.94. The standard InChI is InChI=1S/C6H7NO3S/c1-3-5(7)4(2-11-3)10-6(8)9/h2H,7H2,1H3,(H,8,9). The van der Waals surface area contributed by atoms with Gasteiger partial charge in [-0.2, -0.15) is 0 Å². The molecule has 0 fully saturated rings. The number of carbonyl (C=O) groups is 1. The maximum atomic E-state index is 10.1. The summed E-state index contributed by atoms with van der Waals surface area (Å²) in [6.07, 6.45) is -1.34. The monoisotopic (exact) mass is 173 g/mol. The minimum atomic E-state index is -1.34. The molecule has 3 N–H and O–H groups in total. The lowest BCUT2D eigenvalue weighted by atomic mass is 10.4. The molecule has 0 saturated heterocycles. The maximum Gasteiger partial charge on any atom is 0.511 e. The fourth-order valence-electron chi connectivity index (χ4n) is 0.615. The maximum absolute atomic E-state index is 10.1. The van der Waals surface area contributed by atoms with Crippen LogP contribution in [0.15, 0.2) is 5.38 Å². The predicted molar refractivity (Wildman–Crippen MR) is 42.1 cm³/mol. The van der Waals surface area contributed by atoms with Crippen molar-refractivity contribution in [1.29, 1.82) is 0 Å². The van der Waals surface area contributed by atoms with Crippen LogP contribution < -0.4 is 10.5 Å². The summed E-state index contributed by atoms with van der Waals surface area (Å²) in [4.78, 5) is 10.9. The van der Waals surface area contributed by atoms with Crippen molar-refractivity contribution in [3.05, 3.63) is 10.3 Å². The van der Waals surface area contributed by atoms with Gasteiger partial charge in [-0.15, -0.1) is 11.3 Å². The Labute approximate surface area is 67.2 Å². The van der Waals surface area contributed by atoms with E-state index in [4.69, 9.17) is 10.8 Å². The quantitative estimate of drug-likeness (QED) is 0.634. The highest BCUT2D eigenvalue weighted by Crippen LogP contribution is 2.30. The van der Waals surface area contributed by atoms with Crippen LogP contribution in [0.25, 0.3) is 0 Å². The summed E-state index contributed by atoms with van der Waals surface area (Å²) in [5.74, 6) is 0.222. The van der Waals surface area contributed by atoms with Crippen LogP contribution in [-0.2, 0) is 0 Å². The number of ether oxygens (including phenoxy) is 1. The molecular weight excluding hydrogens is 166 g/mol. The Morgan fingerprint density at radius 1 is 1.82 bits per heavy atom. The van der Waals surface area contributed by atoms with E-state index in [1.807, 2.05) is 0 Å². The zero-order valence-electron chi connectivity index (χ0n) is 5.83. The fraction of sp³-hybridized carbons (Fsp3) is 0.167. The largest absolute Gasteiger partial charge is 0.511 e. The van der Waals surface area contributed by atoms with E-state index in [9.17, 15) is 4.79 Å². The molecule has 0 amide bonds. The van der Waals surface area contributed by atoms with E-state index in [0.717, 1.165) is 4.88 Å². The van der Waals surface area contributed by atoms with Gasteiger partial charge in [-0.3, -0.25) is 0 Å². The molecule has 0 bridgehead atoms. The van der Waals surface area contributed by atoms with E-state index in [1.165, 1.54) is 11.3 Å². The van der Waals surface area contributed by atoms with E-state index >= 15 is 0 Å². The van der Waals surface area contributed by atoms with Crippen molar-refractivity contribution in [2.75, 3.05) is 5.73 Å². The number of thiophene rings is 1. The van der Waals surface area contributed by atoms with Gasteiger partial charge in [0.2, 0.25) is 0 Å². The highest BCUT2D eigenvalue weighted by atomic mass is 32.1. The first kappa shape index (κ1) is 7.87. The molecule has 1 heterocycles. The second-order valence-corrected chi connectivity index (χ2v) is 3.02. The number of hydrogen-bond acceptors (Lipinski definition) is 4. The van der Waals surface area contributed by atoms with Crippen LogP contribution in [0.1, 0.15) is 4.88 Å². The first-order valence-corrected chi connectivity index (χ1v) is 3.73. The molecule has 0 aromatic carbocycles. The molecule has 60 valence electrons. The summed E-state index contributed by atoms with van der Waals surface area (Å²) in [5.41, 5.74) is 5.87. The van der Waals surface area contributed by atoms with Crippen LogP contribution in [0.2, 0.25) is 0 Å². The Balaban J connectivity index is 2.87. The average Bonchev–Trinajstić information content (AvgIpc) is 2.18. The van der Waals surface area contributed by atoms with E-state index in [2.05, 4.69) is 4.74 Å². The topological polar surface area (TPSA) is 72.5 Å². The van der Waals surface area contributed by atoms with Gasteiger partial charge in [-0.05, 0) is 6.92 Å². The molecule has 1 aromatic rings. The van der Waals surface area contributed by atoms with Crippen LogP contribution in [0, 0.1) is 6.92 Å². The molecule has 0 spiro atoms. The lowest BCUT2D eigenvalue weighted by Crippen LogP contribution is -2.03. The summed E-state index contributed by atoms with van der Waals surface area (Å²) in [5, 5.41) is 9.80. The molecule has 1 rings (SSSR count). The number of carboxylic acid groups (broad SMARTS) is 1. The van der Waals surface area contributed by atoms with Gasteiger partial charge in [0.1, 0.15) is 0 Å². The highest BCUT2D eigenvalue weighted by molar-refractivity contribution is 7.10. The minimum Gasteiger partial charge on any atom is -0.449 e. The van der Waals surface area contributed by atoms with E-state index in [0.29, 0.717) is 5.69 Å². The Morgan fingerprint density at radius 3 is 2.82 bits per heavy atom. The van der Waals surface area contributed by atoms with Crippen LogP contribution in [0.5, 0.6) is 5.75 Å². The number of aryl methyl sites for hydroxylation is 1. The highest BCUT2D eigenvalue weighted by Gasteiger charge is 2.08. The SMILES string of the molecule is Cc1scc(OC(=O)O)c1N. The summed E-state index contributed by atoms with van der Waals surface area (Å²) in [6, 6.07) is 0. The number of nitrogens with two attached hydrogens (primary N) is 1. The predicted octanol–water partition coefficient (Wildman–Crippen LogP) is 1.70. The molecule has 1 aromatic heterocycles. The molecule has 0 saturated carbocycles. The van der Waals surface area contributed by atoms with Gasteiger partial charge in [0, 0.05) is 10.3 Å². The number of nitrogen functional groups attached to an aromatic ring is 1. The number of hydrogen-bond donors (Lipinski definition) is 2. The van der Waals surface area contributed by atoms with E-state index in [-0.39, 0.29) is 5.75 Å². The first-order valence-electron chi connectivity index (χ1n) is 2.85. The molecule has 0 atom stereocenters. The van der Waals surface area contributed by atoms with Gasteiger partial charge in [0.25, 0.3) is 0 Å². The summed E-state index contributed by atoms with van der Waals surface area (Å²) < 4.78 is 4.37. The summed E-state index contributed by atoms with van der Waals surface area (Å²) in [7, 11) is 0. The molecule has 0 aliphatic rings. The zero-order chi connectivity index (χ0) is 8.43. The van der Waals surface area contributed by atoms with Crippen LogP contribution in [0.3, 0.4) is 0 Å². The molecule has 11 heavy (non-hydrogen) atoms. The van der Waals surface area contributed by atoms with Crippen LogP contribution >= 0.6 is 11.3 Å². The minimum absolute atomic E-state index is 0.222. The molecular formula is C6H7NO3S. The molecule has 4 nitrogen and oxygen atoms in total. The van der Waals surface area contributed by atoms with Gasteiger partial charge in [0.15, 0.2) is 5.75 Å². The third-order valence-electron chi connectivity index (χ3n) is 1.18. The van der Waals surface area contributed by atoms with Crippen molar-refractivity contribution >= 4 is 23.2 Å². The van der Waals surface area contributed by atoms with E-state index in [1.54, 1.807) is 12.3 Å². The van der Waals surface area contributed by atoms with Crippen molar-refractivity contribution in [1.82, 2.24) is 0 Å². The third kappa shape index (κ3) is 1.62. The van der Waals surface area contributed by atoms with Gasteiger partial charge in [-0.1, -0.05) is 0 Å². The number of rotatable bonds is 1. The van der Waals surface area contributed by atoms with Gasteiger partial charge in [-0.25, -0.2) is 4.79 Å². The Bertz CT molecular complexity index is 281. The second kappa shape index (κ2) is 2.79. The van der Waals surface area contributed by atoms with Crippen LogP contribution in [-0.4, -0.2) is 11.3 Å². The van der Waals surface area contributed by atoms with Crippen molar-refractivity contribution in [2.24, 2.45) is 0 Å².